The summed E-state index contributed by atoms with van der Waals surface area (Å²) in [5, 5.41) is 4.42. The Morgan fingerprint density at radius 3 is 1.70 bits per heavy atom. The molecule has 0 N–H and O–H groups in total. The fourth-order valence-electron chi connectivity index (χ4n) is 7.82. The van der Waals surface area contributed by atoms with Crippen molar-refractivity contribution in [2.45, 2.75) is 0 Å². The summed E-state index contributed by atoms with van der Waals surface area (Å²) < 4.78 is 4.67. The van der Waals surface area contributed by atoms with E-state index in [1.807, 2.05) is 84.9 Å². The average Bonchev–Trinajstić information content (AvgIpc) is 3.86. The molecule has 0 spiro atoms. The summed E-state index contributed by atoms with van der Waals surface area (Å²) in [4.78, 5) is 25.4. The van der Waals surface area contributed by atoms with Crippen molar-refractivity contribution in [3.8, 4) is 57.1 Å². The van der Waals surface area contributed by atoms with Crippen LogP contribution in [0.1, 0.15) is 0 Å². The molecule has 262 valence electrons. The van der Waals surface area contributed by atoms with Crippen LogP contribution >= 0.6 is 0 Å². The highest BCUT2D eigenvalue weighted by atomic mass is 15.1. The van der Waals surface area contributed by atoms with E-state index >= 15 is 0 Å². The molecule has 0 atom stereocenters. The number of para-hydroxylation sites is 3. The lowest BCUT2D eigenvalue weighted by molar-refractivity contribution is 1.06. The summed E-state index contributed by atoms with van der Waals surface area (Å²) in [6, 6.07) is 62.4. The monoisotopic (exact) mass is 717 g/mol. The lowest BCUT2D eigenvalue weighted by atomic mass is 10.1. The second kappa shape index (κ2) is 13.0. The quantitative estimate of drug-likeness (QED) is 0.171. The van der Waals surface area contributed by atoms with Crippen LogP contribution in [0.2, 0.25) is 0 Å². The molecule has 4 aromatic heterocycles. The second-order valence-corrected chi connectivity index (χ2v) is 13.8. The van der Waals surface area contributed by atoms with Crippen molar-refractivity contribution < 1.29 is 0 Å². The van der Waals surface area contributed by atoms with Crippen molar-refractivity contribution in [2.24, 2.45) is 0 Å². The van der Waals surface area contributed by atoms with E-state index in [2.05, 4.69) is 112 Å². The summed E-state index contributed by atoms with van der Waals surface area (Å²) >= 11 is 0. The molecule has 7 heteroatoms. The van der Waals surface area contributed by atoms with E-state index < -0.39 is 0 Å². The standard InChI is InChI=1S/C49H31N7/c1-4-15-33(16-5-1)46-52-47(34-17-6-2-7-18-34)54-49(53-46)43-40-24-10-12-25-41(40)50-48(51-43)35-19-14-22-37(31-35)56-42-26-13-11-23-38(42)39-28-27-32-29-30-55(44(32)45(39)56)36-20-8-3-9-21-36/h1-31H. The number of hydrogen-bond acceptors (Lipinski definition) is 5. The Bertz CT molecular complexity index is 3180. The molecule has 0 bridgehead atoms. The third kappa shape index (κ3) is 5.25. The van der Waals surface area contributed by atoms with E-state index in [0.717, 1.165) is 55.5 Å². The molecule has 7 aromatic carbocycles. The molecule has 0 aliphatic rings. The van der Waals surface area contributed by atoms with Gasteiger partial charge in [-0.15, -0.1) is 0 Å². The van der Waals surface area contributed by atoms with E-state index in [9.17, 15) is 0 Å². The van der Waals surface area contributed by atoms with Crippen LogP contribution in [0.3, 0.4) is 0 Å². The smallest absolute Gasteiger partial charge is 0.183 e. The van der Waals surface area contributed by atoms with Crippen LogP contribution in [-0.2, 0) is 0 Å². The first-order valence-corrected chi connectivity index (χ1v) is 18.6. The molecule has 0 aliphatic heterocycles. The Morgan fingerprint density at radius 1 is 0.357 bits per heavy atom. The molecule has 0 saturated heterocycles. The van der Waals surface area contributed by atoms with Gasteiger partial charge >= 0.3 is 0 Å². The molecule has 0 amide bonds. The predicted octanol–water partition coefficient (Wildman–Crippen LogP) is 11.5. The average molecular weight is 718 g/mol. The highest BCUT2D eigenvalue weighted by Gasteiger charge is 2.20. The minimum Gasteiger partial charge on any atom is -0.315 e. The molecule has 7 nitrogen and oxygen atoms in total. The van der Waals surface area contributed by atoms with Gasteiger partial charge in [-0.3, -0.25) is 0 Å². The minimum atomic E-state index is 0.486. The van der Waals surface area contributed by atoms with Gasteiger partial charge < -0.3 is 9.13 Å². The lowest BCUT2D eigenvalue weighted by Crippen LogP contribution is -2.03. The maximum absolute atomic E-state index is 5.28. The summed E-state index contributed by atoms with van der Waals surface area (Å²) in [5.41, 5.74) is 9.68. The van der Waals surface area contributed by atoms with Crippen molar-refractivity contribution in [1.29, 1.82) is 0 Å². The van der Waals surface area contributed by atoms with Gasteiger partial charge in [0, 0.05) is 55.8 Å². The van der Waals surface area contributed by atoms with Gasteiger partial charge in [-0.05, 0) is 42.5 Å². The fraction of sp³-hybridized carbons (Fsp3) is 0. The predicted molar refractivity (Wildman–Crippen MR) is 226 cm³/mol. The Hall–Kier alpha value is -7.77. The minimum absolute atomic E-state index is 0.486. The molecular weight excluding hydrogens is 687 g/mol. The SMILES string of the molecule is c1ccc(-c2nc(-c3ccccc3)nc(-c3nc(-c4cccc(-n5c6ccccc6c6ccc7ccn(-c8ccccc8)c7c65)c4)nc4ccccc34)n2)cc1. The first-order chi connectivity index (χ1) is 27.8. The third-order valence-electron chi connectivity index (χ3n) is 10.4. The molecular formula is C49H31N7. The van der Waals surface area contributed by atoms with Crippen molar-refractivity contribution in [1.82, 2.24) is 34.1 Å². The summed E-state index contributed by atoms with van der Waals surface area (Å²) in [6.45, 7) is 0. The van der Waals surface area contributed by atoms with Crippen molar-refractivity contribution in [3.05, 3.63) is 188 Å². The van der Waals surface area contributed by atoms with Crippen LogP contribution in [0.25, 0.3) is 101 Å². The van der Waals surface area contributed by atoms with Crippen molar-refractivity contribution in [3.63, 3.8) is 0 Å². The summed E-state index contributed by atoms with van der Waals surface area (Å²) in [7, 11) is 0. The van der Waals surface area contributed by atoms with Gasteiger partial charge in [-0.2, -0.15) is 0 Å². The highest BCUT2D eigenvalue weighted by Crippen LogP contribution is 2.39. The van der Waals surface area contributed by atoms with Gasteiger partial charge in [0.25, 0.3) is 0 Å². The largest absolute Gasteiger partial charge is 0.315 e. The van der Waals surface area contributed by atoms with Crippen LogP contribution in [-0.4, -0.2) is 34.1 Å². The highest BCUT2D eigenvalue weighted by molar-refractivity contribution is 6.18. The van der Waals surface area contributed by atoms with Gasteiger partial charge in [0.1, 0.15) is 5.69 Å². The van der Waals surface area contributed by atoms with E-state index in [1.165, 1.54) is 16.2 Å². The molecule has 11 rings (SSSR count). The van der Waals surface area contributed by atoms with Crippen LogP contribution in [0.15, 0.2) is 188 Å². The van der Waals surface area contributed by atoms with E-state index in [4.69, 9.17) is 24.9 Å². The van der Waals surface area contributed by atoms with E-state index in [1.54, 1.807) is 0 Å². The summed E-state index contributed by atoms with van der Waals surface area (Å²) in [5.74, 6) is 2.24. The molecule has 11 aromatic rings. The number of nitrogens with zero attached hydrogens (tertiary/aromatic N) is 7. The second-order valence-electron chi connectivity index (χ2n) is 13.8. The molecule has 0 saturated carbocycles. The van der Waals surface area contributed by atoms with Gasteiger partial charge in [0.2, 0.25) is 0 Å². The zero-order valence-electron chi connectivity index (χ0n) is 30.0. The van der Waals surface area contributed by atoms with E-state index in [-0.39, 0.29) is 0 Å². The van der Waals surface area contributed by atoms with E-state index in [0.29, 0.717) is 29.0 Å². The molecule has 0 aliphatic carbocycles. The Morgan fingerprint density at radius 2 is 0.946 bits per heavy atom. The van der Waals surface area contributed by atoms with Crippen LogP contribution in [0.5, 0.6) is 0 Å². The number of fused-ring (bicyclic) bond motifs is 6. The number of aromatic nitrogens is 7. The molecule has 0 radical (unpaired) electrons. The molecule has 56 heavy (non-hydrogen) atoms. The summed E-state index contributed by atoms with van der Waals surface area (Å²) in [6.07, 6.45) is 2.16. The van der Waals surface area contributed by atoms with Crippen LogP contribution < -0.4 is 0 Å². The zero-order valence-corrected chi connectivity index (χ0v) is 30.0. The first-order valence-electron chi connectivity index (χ1n) is 18.6. The zero-order chi connectivity index (χ0) is 37.0. The normalized spacial score (nSPS) is 11.6. The topological polar surface area (TPSA) is 74.3 Å². The first kappa shape index (κ1) is 31.7. The molecule has 4 heterocycles. The van der Waals surface area contributed by atoms with Crippen LogP contribution in [0, 0.1) is 0 Å². The Balaban J connectivity index is 1.13. The molecule has 0 fully saturated rings. The number of hydrogen-bond donors (Lipinski definition) is 0. The number of benzene rings is 7. The molecule has 0 unspecified atom stereocenters. The van der Waals surface area contributed by atoms with Crippen LogP contribution in [0.4, 0.5) is 0 Å². The Kier molecular flexibility index (Phi) is 7.35. The maximum atomic E-state index is 5.28. The maximum Gasteiger partial charge on any atom is 0.183 e. The van der Waals surface area contributed by atoms with Gasteiger partial charge in [-0.25, -0.2) is 24.9 Å². The third-order valence-corrected chi connectivity index (χ3v) is 10.4. The lowest BCUT2D eigenvalue weighted by Gasteiger charge is -2.14. The fourth-order valence-corrected chi connectivity index (χ4v) is 7.82. The van der Waals surface area contributed by atoms with Crippen molar-refractivity contribution in [2.75, 3.05) is 0 Å². The number of rotatable bonds is 6. The van der Waals surface area contributed by atoms with Gasteiger partial charge in [0.15, 0.2) is 23.3 Å². The van der Waals surface area contributed by atoms with Gasteiger partial charge in [0.05, 0.1) is 22.1 Å². The Labute approximate surface area is 321 Å². The van der Waals surface area contributed by atoms with Gasteiger partial charge in [-0.1, -0.05) is 140 Å². The van der Waals surface area contributed by atoms with Crippen molar-refractivity contribution >= 4 is 43.6 Å².